The smallest absolute Gasteiger partial charge is 0.265 e. The van der Waals surface area contributed by atoms with Gasteiger partial charge in [0.1, 0.15) is 0 Å². The molecule has 1 aromatic heterocycles. The first kappa shape index (κ1) is 20.0. The first-order chi connectivity index (χ1) is 13.6. The van der Waals surface area contributed by atoms with Gasteiger partial charge in [0.15, 0.2) is 18.1 Å². The maximum Gasteiger partial charge on any atom is 0.265 e. The van der Waals surface area contributed by atoms with E-state index in [-0.39, 0.29) is 18.3 Å². The summed E-state index contributed by atoms with van der Waals surface area (Å²) in [5.74, 6) is 5.75. The standard InChI is InChI=1S/C21H25N3O3S/c1-15-8-9-20(19(25)11-15)27-14-21(26)24(13-18-7-4-10-28-18)17-6-3-2-5-16(12-17)23-22/h4,6-12,23,25H,2-3,5,13-14,22H2,1H3. The number of nitrogens with zero attached hydrogens (tertiary/aromatic N) is 1. The van der Waals surface area contributed by atoms with Gasteiger partial charge in [-0.3, -0.25) is 10.6 Å². The molecule has 1 aromatic carbocycles. The van der Waals surface area contributed by atoms with Crippen LogP contribution in [0.5, 0.6) is 11.5 Å². The summed E-state index contributed by atoms with van der Waals surface area (Å²) in [6.07, 6.45) is 6.64. The molecule has 6 nitrogen and oxygen atoms in total. The minimum atomic E-state index is -0.186. The number of benzene rings is 1. The highest BCUT2D eigenvalue weighted by Crippen LogP contribution is 2.27. The molecular formula is C21H25N3O3S. The summed E-state index contributed by atoms with van der Waals surface area (Å²) in [6.45, 7) is 2.17. The predicted octanol–water partition coefficient (Wildman–Crippen LogP) is 3.58. The van der Waals surface area contributed by atoms with Gasteiger partial charge in [0.2, 0.25) is 0 Å². The average Bonchev–Trinajstić information content (AvgIpc) is 3.08. The fourth-order valence-electron chi connectivity index (χ4n) is 3.00. The van der Waals surface area contributed by atoms with Crippen LogP contribution < -0.4 is 16.0 Å². The quantitative estimate of drug-likeness (QED) is 0.489. The Labute approximate surface area is 168 Å². The fraction of sp³-hybridized carbons (Fsp3) is 0.286. The molecular weight excluding hydrogens is 374 g/mol. The van der Waals surface area contributed by atoms with Gasteiger partial charge in [0, 0.05) is 16.3 Å². The van der Waals surface area contributed by atoms with Crippen molar-refractivity contribution in [1.82, 2.24) is 10.3 Å². The molecule has 3 rings (SSSR count). The minimum Gasteiger partial charge on any atom is -0.504 e. The molecule has 0 fully saturated rings. The molecule has 0 aliphatic heterocycles. The number of aromatic hydroxyl groups is 1. The second kappa shape index (κ2) is 9.43. The average molecular weight is 400 g/mol. The molecule has 2 aromatic rings. The van der Waals surface area contributed by atoms with E-state index < -0.39 is 0 Å². The Kier molecular flexibility index (Phi) is 6.73. The second-order valence-electron chi connectivity index (χ2n) is 6.65. The number of aryl methyl sites for hydroxylation is 1. The number of allylic oxidation sites excluding steroid dienone is 3. The maximum atomic E-state index is 13.0. The van der Waals surface area contributed by atoms with E-state index in [9.17, 15) is 9.90 Å². The highest BCUT2D eigenvalue weighted by molar-refractivity contribution is 7.09. The number of rotatable bonds is 7. The van der Waals surface area contributed by atoms with Crippen molar-refractivity contribution in [3.8, 4) is 11.5 Å². The van der Waals surface area contributed by atoms with Crippen molar-refractivity contribution in [2.45, 2.75) is 32.7 Å². The van der Waals surface area contributed by atoms with Crippen LogP contribution in [0.2, 0.25) is 0 Å². The molecule has 0 spiro atoms. The predicted molar refractivity (Wildman–Crippen MR) is 111 cm³/mol. The van der Waals surface area contributed by atoms with Crippen molar-refractivity contribution in [2.75, 3.05) is 6.61 Å². The van der Waals surface area contributed by atoms with Gasteiger partial charge in [0.05, 0.1) is 6.54 Å². The number of hydrogen-bond donors (Lipinski definition) is 3. The number of nitrogens with one attached hydrogen (secondary N) is 1. The summed E-state index contributed by atoms with van der Waals surface area (Å²) < 4.78 is 5.60. The third kappa shape index (κ3) is 5.15. The molecule has 0 saturated heterocycles. The van der Waals surface area contributed by atoms with E-state index >= 15 is 0 Å². The molecule has 28 heavy (non-hydrogen) atoms. The first-order valence-electron chi connectivity index (χ1n) is 9.19. The van der Waals surface area contributed by atoms with E-state index in [4.69, 9.17) is 10.6 Å². The van der Waals surface area contributed by atoms with E-state index in [2.05, 4.69) is 11.5 Å². The molecule has 0 atom stereocenters. The lowest BCUT2D eigenvalue weighted by atomic mass is 10.2. The van der Waals surface area contributed by atoms with E-state index in [0.29, 0.717) is 12.3 Å². The van der Waals surface area contributed by atoms with E-state index in [1.807, 2.05) is 36.6 Å². The van der Waals surface area contributed by atoms with Crippen molar-refractivity contribution in [3.63, 3.8) is 0 Å². The van der Waals surface area contributed by atoms with Crippen LogP contribution in [0.15, 0.2) is 59.3 Å². The van der Waals surface area contributed by atoms with Crippen molar-refractivity contribution in [3.05, 3.63) is 69.7 Å². The molecule has 4 N–H and O–H groups in total. The topological polar surface area (TPSA) is 87.8 Å². The lowest BCUT2D eigenvalue weighted by Crippen LogP contribution is -2.33. The van der Waals surface area contributed by atoms with Gasteiger partial charge in [-0.05, 0) is 61.4 Å². The normalized spacial score (nSPS) is 13.9. The van der Waals surface area contributed by atoms with Gasteiger partial charge in [-0.15, -0.1) is 11.3 Å². The van der Waals surface area contributed by atoms with Crippen LogP contribution in [0.25, 0.3) is 0 Å². The van der Waals surface area contributed by atoms with Gasteiger partial charge < -0.3 is 20.2 Å². The Morgan fingerprint density at radius 1 is 1.39 bits per heavy atom. The summed E-state index contributed by atoms with van der Waals surface area (Å²) in [7, 11) is 0. The number of phenolic OH excluding ortho intramolecular Hbond substituents is 1. The molecule has 1 aliphatic rings. The number of carbonyl (C=O) groups is 1. The molecule has 1 heterocycles. The van der Waals surface area contributed by atoms with Gasteiger partial charge in [-0.25, -0.2) is 0 Å². The Hall–Kier alpha value is -2.77. The lowest BCUT2D eigenvalue weighted by molar-refractivity contribution is -0.131. The van der Waals surface area contributed by atoms with Crippen LogP contribution in [0.3, 0.4) is 0 Å². The van der Waals surface area contributed by atoms with Gasteiger partial charge in [0.25, 0.3) is 5.91 Å². The number of thiophene rings is 1. The zero-order chi connectivity index (χ0) is 19.9. The van der Waals surface area contributed by atoms with Crippen LogP contribution in [0.1, 0.15) is 29.7 Å². The van der Waals surface area contributed by atoms with Crippen LogP contribution in [-0.4, -0.2) is 22.5 Å². The monoisotopic (exact) mass is 399 g/mol. The second-order valence-corrected chi connectivity index (χ2v) is 7.69. The molecule has 0 unspecified atom stereocenters. The number of hydrogen-bond acceptors (Lipinski definition) is 6. The summed E-state index contributed by atoms with van der Waals surface area (Å²) in [5, 5.41) is 12.0. The van der Waals surface area contributed by atoms with Crippen LogP contribution in [0, 0.1) is 6.92 Å². The van der Waals surface area contributed by atoms with Gasteiger partial charge in [-0.1, -0.05) is 18.2 Å². The van der Waals surface area contributed by atoms with Crippen molar-refractivity contribution in [2.24, 2.45) is 5.84 Å². The Morgan fingerprint density at radius 2 is 2.25 bits per heavy atom. The summed E-state index contributed by atoms with van der Waals surface area (Å²) in [4.78, 5) is 15.8. The van der Waals surface area contributed by atoms with E-state index in [1.165, 1.54) is 0 Å². The van der Waals surface area contributed by atoms with E-state index in [0.717, 1.165) is 41.1 Å². The van der Waals surface area contributed by atoms with Crippen LogP contribution in [-0.2, 0) is 11.3 Å². The summed E-state index contributed by atoms with van der Waals surface area (Å²) in [6, 6.07) is 9.08. The van der Waals surface area contributed by atoms with Crippen LogP contribution in [0.4, 0.5) is 0 Å². The third-order valence-corrected chi connectivity index (χ3v) is 5.34. The van der Waals surface area contributed by atoms with Crippen molar-refractivity contribution < 1.29 is 14.6 Å². The third-order valence-electron chi connectivity index (χ3n) is 4.48. The fourth-order valence-corrected chi connectivity index (χ4v) is 3.70. The molecule has 1 amide bonds. The number of ether oxygens (including phenoxy) is 1. The van der Waals surface area contributed by atoms with Crippen LogP contribution >= 0.6 is 11.3 Å². The zero-order valence-corrected chi connectivity index (χ0v) is 16.7. The first-order valence-corrected chi connectivity index (χ1v) is 10.1. The maximum absolute atomic E-state index is 13.0. The zero-order valence-electron chi connectivity index (χ0n) is 15.9. The highest BCUT2D eigenvalue weighted by atomic mass is 32.1. The van der Waals surface area contributed by atoms with Crippen molar-refractivity contribution in [1.29, 1.82) is 0 Å². The number of carbonyl (C=O) groups excluding carboxylic acids is 1. The summed E-state index contributed by atoms with van der Waals surface area (Å²) in [5.41, 5.74) is 5.34. The number of phenols is 1. The number of nitrogens with two attached hydrogens (primary N) is 1. The highest BCUT2D eigenvalue weighted by Gasteiger charge is 2.20. The molecule has 0 radical (unpaired) electrons. The molecule has 148 valence electrons. The number of hydrazine groups is 1. The molecule has 7 heteroatoms. The minimum absolute atomic E-state index is 0.0285. The Bertz CT molecular complexity index is 875. The van der Waals surface area contributed by atoms with Gasteiger partial charge >= 0.3 is 0 Å². The molecule has 0 saturated carbocycles. The lowest BCUT2D eigenvalue weighted by Gasteiger charge is -2.24. The Morgan fingerprint density at radius 3 is 2.96 bits per heavy atom. The SMILES string of the molecule is Cc1ccc(OCC(=O)N(Cc2cccs2)C2=CCCCC(NN)=C2)c(O)c1. The van der Waals surface area contributed by atoms with Gasteiger partial charge in [-0.2, -0.15) is 0 Å². The summed E-state index contributed by atoms with van der Waals surface area (Å²) >= 11 is 1.60. The number of amides is 1. The van der Waals surface area contributed by atoms with E-state index in [1.54, 1.807) is 28.4 Å². The molecule has 1 aliphatic carbocycles. The molecule has 0 bridgehead atoms. The Balaban J connectivity index is 1.79. The largest absolute Gasteiger partial charge is 0.504 e. The van der Waals surface area contributed by atoms with Crippen molar-refractivity contribution >= 4 is 17.2 Å².